The van der Waals surface area contributed by atoms with Crippen molar-refractivity contribution in [2.24, 2.45) is 0 Å². The first kappa shape index (κ1) is 12.5. The molecule has 0 aliphatic heterocycles. The molecule has 0 heterocycles. The highest BCUT2D eigenvalue weighted by atomic mass is 16.3. The lowest BCUT2D eigenvalue weighted by molar-refractivity contribution is 0.122. The lowest BCUT2D eigenvalue weighted by atomic mass is 9.92. The van der Waals surface area contributed by atoms with E-state index in [0.717, 1.165) is 25.7 Å². The average molecular weight is 255 g/mol. The molecular weight excluding hydrogens is 234 g/mol. The van der Waals surface area contributed by atoms with Crippen LogP contribution in [-0.2, 0) is 0 Å². The van der Waals surface area contributed by atoms with Crippen LogP contribution in [0.1, 0.15) is 25.7 Å². The third-order valence-electron chi connectivity index (χ3n) is 4.35. The van der Waals surface area contributed by atoms with Crippen LogP contribution >= 0.6 is 0 Å². The lowest BCUT2D eigenvalue weighted by Crippen LogP contribution is -2.36. The van der Waals surface area contributed by atoms with Gasteiger partial charge in [-0.3, -0.25) is 0 Å². The number of benzene rings is 2. The van der Waals surface area contributed by atoms with Crippen molar-refractivity contribution >= 4 is 16.5 Å². The van der Waals surface area contributed by atoms with Crippen molar-refractivity contribution in [2.75, 3.05) is 11.9 Å². The predicted octanol–water partition coefficient (Wildman–Crippen LogP) is 3.58. The molecule has 0 bridgehead atoms. The van der Waals surface area contributed by atoms with Gasteiger partial charge in [-0.25, -0.2) is 0 Å². The Morgan fingerprint density at radius 3 is 2.37 bits per heavy atom. The van der Waals surface area contributed by atoms with Gasteiger partial charge in [0.25, 0.3) is 0 Å². The van der Waals surface area contributed by atoms with Crippen LogP contribution < -0.4 is 4.90 Å². The zero-order chi connectivity index (χ0) is 13.2. The Hall–Kier alpha value is -1.54. The Kier molecular flexibility index (Phi) is 3.43. The highest BCUT2D eigenvalue weighted by Crippen LogP contribution is 2.28. The summed E-state index contributed by atoms with van der Waals surface area (Å²) in [6, 6.07) is 15.7. The Morgan fingerprint density at radius 1 is 0.947 bits per heavy atom. The molecule has 0 saturated heterocycles. The van der Waals surface area contributed by atoms with Crippen LogP contribution in [0.4, 0.5) is 5.69 Å². The third-order valence-corrected chi connectivity index (χ3v) is 4.35. The molecule has 1 aliphatic carbocycles. The molecule has 1 fully saturated rings. The molecule has 2 nitrogen and oxygen atoms in total. The molecule has 1 N–H and O–H groups in total. The Labute approximate surface area is 114 Å². The number of rotatable bonds is 2. The van der Waals surface area contributed by atoms with E-state index in [1.54, 1.807) is 0 Å². The molecule has 0 unspecified atom stereocenters. The fourth-order valence-corrected chi connectivity index (χ4v) is 3.05. The Bertz CT molecular complexity index is 558. The van der Waals surface area contributed by atoms with Crippen LogP contribution in [0.3, 0.4) is 0 Å². The van der Waals surface area contributed by atoms with Gasteiger partial charge in [0.05, 0.1) is 6.10 Å². The normalized spacial score (nSPS) is 23.5. The zero-order valence-electron chi connectivity index (χ0n) is 11.4. The average Bonchev–Trinajstić information content (AvgIpc) is 2.47. The summed E-state index contributed by atoms with van der Waals surface area (Å²) in [4.78, 5) is 2.37. The molecule has 1 saturated carbocycles. The minimum absolute atomic E-state index is 0.0822. The maximum Gasteiger partial charge on any atom is 0.0541 e. The highest BCUT2D eigenvalue weighted by Gasteiger charge is 2.22. The standard InChI is InChI=1S/C17H21NO/c1-18(15-8-10-17(19)11-9-15)16-7-6-13-4-2-3-5-14(13)12-16/h2-7,12,15,17,19H,8-11H2,1H3. The molecule has 3 rings (SSSR count). The Morgan fingerprint density at radius 2 is 1.63 bits per heavy atom. The minimum Gasteiger partial charge on any atom is -0.393 e. The molecule has 19 heavy (non-hydrogen) atoms. The van der Waals surface area contributed by atoms with E-state index in [1.807, 2.05) is 0 Å². The second-order valence-corrected chi connectivity index (χ2v) is 5.60. The first-order valence-corrected chi connectivity index (χ1v) is 7.14. The molecule has 100 valence electrons. The van der Waals surface area contributed by atoms with Crippen LogP contribution in [0.2, 0.25) is 0 Å². The van der Waals surface area contributed by atoms with Gasteiger partial charge in [-0.1, -0.05) is 30.3 Å². The topological polar surface area (TPSA) is 23.5 Å². The van der Waals surface area contributed by atoms with E-state index >= 15 is 0 Å². The molecule has 0 atom stereocenters. The zero-order valence-corrected chi connectivity index (χ0v) is 11.4. The van der Waals surface area contributed by atoms with Crippen molar-refractivity contribution < 1.29 is 5.11 Å². The van der Waals surface area contributed by atoms with E-state index in [-0.39, 0.29) is 6.10 Å². The molecule has 2 heteroatoms. The van der Waals surface area contributed by atoms with E-state index in [9.17, 15) is 5.11 Å². The van der Waals surface area contributed by atoms with Gasteiger partial charge in [0.1, 0.15) is 0 Å². The summed E-state index contributed by atoms with van der Waals surface area (Å²) >= 11 is 0. The van der Waals surface area contributed by atoms with Gasteiger partial charge in [0, 0.05) is 18.8 Å². The number of hydrogen-bond donors (Lipinski definition) is 1. The number of aliphatic hydroxyl groups is 1. The molecular formula is C17H21NO. The van der Waals surface area contributed by atoms with Crippen LogP contribution in [0.15, 0.2) is 42.5 Å². The predicted molar refractivity (Wildman–Crippen MR) is 80.6 cm³/mol. The molecule has 2 aromatic rings. The smallest absolute Gasteiger partial charge is 0.0541 e. The van der Waals surface area contributed by atoms with Gasteiger partial charge in [-0.15, -0.1) is 0 Å². The molecule has 0 amide bonds. The molecule has 1 aliphatic rings. The first-order valence-electron chi connectivity index (χ1n) is 7.14. The van der Waals surface area contributed by atoms with Gasteiger partial charge in [-0.05, 0) is 48.6 Å². The second kappa shape index (κ2) is 5.22. The van der Waals surface area contributed by atoms with Gasteiger partial charge < -0.3 is 10.0 Å². The van der Waals surface area contributed by atoms with Crippen molar-refractivity contribution in [2.45, 2.75) is 37.8 Å². The van der Waals surface area contributed by atoms with Crippen LogP contribution in [0.25, 0.3) is 10.8 Å². The molecule has 0 aromatic heterocycles. The van der Waals surface area contributed by atoms with E-state index < -0.39 is 0 Å². The van der Waals surface area contributed by atoms with Gasteiger partial charge in [0.2, 0.25) is 0 Å². The van der Waals surface area contributed by atoms with Gasteiger partial charge in [-0.2, -0.15) is 0 Å². The third kappa shape index (κ3) is 2.59. The monoisotopic (exact) mass is 255 g/mol. The maximum absolute atomic E-state index is 9.60. The fraction of sp³-hybridized carbons (Fsp3) is 0.412. The highest BCUT2D eigenvalue weighted by molar-refractivity contribution is 5.85. The van der Waals surface area contributed by atoms with Gasteiger partial charge >= 0.3 is 0 Å². The summed E-state index contributed by atoms with van der Waals surface area (Å²) in [5.74, 6) is 0. The summed E-state index contributed by atoms with van der Waals surface area (Å²) in [5.41, 5.74) is 1.28. The van der Waals surface area contributed by atoms with E-state index in [2.05, 4.69) is 54.4 Å². The lowest BCUT2D eigenvalue weighted by Gasteiger charge is -2.34. The summed E-state index contributed by atoms with van der Waals surface area (Å²) in [5, 5.41) is 12.2. The summed E-state index contributed by atoms with van der Waals surface area (Å²) in [6.07, 6.45) is 3.96. The van der Waals surface area contributed by atoms with E-state index in [1.165, 1.54) is 16.5 Å². The number of hydrogen-bond acceptors (Lipinski definition) is 2. The van der Waals surface area contributed by atoms with Crippen molar-refractivity contribution in [3.63, 3.8) is 0 Å². The first-order chi connectivity index (χ1) is 9.24. The Balaban J connectivity index is 1.83. The molecule has 0 spiro atoms. The van der Waals surface area contributed by atoms with Crippen molar-refractivity contribution in [3.8, 4) is 0 Å². The summed E-state index contributed by atoms with van der Waals surface area (Å²) in [7, 11) is 2.17. The number of aliphatic hydroxyl groups excluding tert-OH is 1. The quantitative estimate of drug-likeness (QED) is 0.886. The maximum atomic E-state index is 9.60. The van der Waals surface area contributed by atoms with Gasteiger partial charge in [0.15, 0.2) is 0 Å². The van der Waals surface area contributed by atoms with Crippen molar-refractivity contribution in [3.05, 3.63) is 42.5 Å². The summed E-state index contributed by atoms with van der Waals surface area (Å²) in [6.45, 7) is 0. The van der Waals surface area contributed by atoms with Crippen molar-refractivity contribution in [1.82, 2.24) is 0 Å². The minimum atomic E-state index is -0.0822. The fourth-order valence-electron chi connectivity index (χ4n) is 3.05. The number of nitrogens with zero attached hydrogens (tertiary/aromatic N) is 1. The molecule has 2 aromatic carbocycles. The second-order valence-electron chi connectivity index (χ2n) is 5.60. The number of fused-ring (bicyclic) bond motifs is 1. The van der Waals surface area contributed by atoms with E-state index in [4.69, 9.17) is 0 Å². The van der Waals surface area contributed by atoms with Crippen LogP contribution in [-0.4, -0.2) is 24.3 Å². The number of anilines is 1. The van der Waals surface area contributed by atoms with E-state index in [0.29, 0.717) is 6.04 Å². The SMILES string of the molecule is CN(c1ccc2ccccc2c1)C1CCC(O)CC1. The molecule has 0 radical (unpaired) electrons. The summed E-state index contributed by atoms with van der Waals surface area (Å²) < 4.78 is 0. The largest absolute Gasteiger partial charge is 0.393 e. The van der Waals surface area contributed by atoms with Crippen molar-refractivity contribution in [1.29, 1.82) is 0 Å². The van der Waals surface area contributed by atoms with Crippen LogP contribution in [0.5, 0.6) is 0 Å². The van der Waals surface area contributed by atoms with Crippen LogP contribution in [0, 0.1) is 0 Å².